The molecule has 0 saturated carbocycles. The van der Waals surface area contributed by atoms with Crippen molar-refractivity contribution < 1.29 is 14.6 Å². The summed E-state index contributed by atoms with van der Waals surface area (Å²) in [4.78, 5) is 0. The molecule has 1 aliphatic heterocycles. The predicted molar refractivity (Wildman–Crippen MR) is 73.4 cm³/mol. The number of hydrogen-bond donors (Lipinski definition) is 1. The summed E-state index contributed by atoms with van der Waals surface area (Å²) < 4.78 is 11.2. The molecular weight excluding hydrogens is 228 g/mol. The molecule has 1 rings (SSSR count). The monoisotopic (exact) mass is 254 g/mol. The maximum Gasteiger partial charge on any atom is 0.158 e. The molecular formula is C15H26O3. The van der Waals surface area contributed by atoms with Crippen LogP contribution in [0.2, 0.25) is 0 Å². The maximum absolute atomic E-state index is 8.75. The van der Waals surface area contributed by atoms with Crippen molar-refractivity contribution in [1.82, 2.24) is 0 Å². The summed E-state index contributed by atoms with van der Waals surface area (Å²) in [5.41, 5.74) is 2.49. The second-order valence-corrected chi connectivity index (χ2v) is 4.93. The fraction of sp³-hybridized carbons (Fsp3) is 0.733. The predicted octanol–water partition coefficient (Wildman–Crippen LogP) is 3.19. The summed E-state index contributed by atoms with van der Waals surface area (Å²) in [7, 11) is 0. The van der Waals surface area contributed by atoms with Gasteiger partial charge in [0.05, 0.1) is 13.2 Å². The minimum absolute atomic E-state index is 0.00174. The van der Waals surface area contributed by atoms with Crippen LogP contribution in [0.15, 0.2) is 23.3 Å². The third kappa shape index (κ3) is 6.94. The van der Waals surface area contributed by atoms with E-state index in [9.17, 15) is 0 Å². The van der Waals surface area contributed by atoms with Gasteiger partial charge in [-0.25, -0.2) is 0 Å². The largest absolute Gasteiger partial charge is 0.392 e. The molecule has 1 unspecified atom stereocenters. The first kappa shape index (κ1) is 15.4. The molecule has 1 fully saturated rings. The van der Waals surface area contributed by atoms with Crippen molar-refractivity contribution in [2.24, 2.45) is 0 Å². The van der Waals surface area contributed by atoms with Gasteiger partial charge in [0.2, 0.25) is 0 Å². The molecule has 0 bridgehead atoms. The second-order valence-electron chi connectivity index (χ2n) is 4.93. The molecule has 1 aliphatic rings. The fourth-order valence-corrected chi connectivity index (χ4v) is 1.93. The highest BCUT2D eigenvalue weighted by atomic mass is 16.7. The van der Waals surface area contributed by atoms with Crippen molar-refractivity contribution in [1.29, 1.82) is 0 Å². The van der Waals surface area contributed by atoms with Crippen LogP contribution in [0.3, 0.4) is 0 Å². The van der Waals surface area contributed by atoms with E-state index in [2.05, 4.69) is 13.0 Å². The average Bonchev–Trinajstić information content (AvgIpc) is 2.38. The first-order valence-corrected chi connectivity index (χ1v) is 6.87. The van der Waals surface area contributed by atoms with Crippen LogP contribution in [0, 0.1) is 0 Å². The minimum atomic E-state index is -0.00174. The number of aliphatic hydroxyl groups excluding tert-OH is 1. The van der Waals surface area contributed by atoms with Gasteiger partial charge < -0.3 is 14.6 Å². The lowest BCUT2D eigenvalue weighted by Crippen LogP contribution is -2.22. The summed E-state index contributed by atoms with van der Waals surface area (Å²) in [6, 6.07) is 0. The van der Waals surface area contributed by atoms with Crippen molar-refractivity contribution >= 4 is 0 Å². The van der Waals surface area contributed by atoms with E-state index in [0.29, 0.717) is 6.61 Å². The molecule has 1 heterocycles. The number of ether oxygens (including phenoxy) is 2. The Kier molecular flexibility index (Phi) is 7.98. The summed E-state index contributed by atoms with van der Waals surface area (Å²) in [5, 5.41) is 8.75. The van der Waals surface area contributed by atoms with E-state index in [1.807, 2.05) is 13.0 Å². The van der Waals surface area contributed by atoms with E-state index < -0.39 is 0 Å². The summed E-state index contributed by atoms with van der Waals surface area (Å²) in [5.74, 6) is 0. The fourth-order valence-electron chi connectivity index (χ4n) is 1.93. The normalized spacial score (nSPS) is 22.3. The Labute approximate surface area is 110 Å². The average molecular weight is 254 g/mol. The first-order valence-electron chi connectivity index (χ1n) is 6.87. The lowest BCUT2D eigenvalue weighted by Gasteiger charge is -2.22. The van der Waals surface area contributed by atoms with Gasteiger partial charge >= 0.3 is 0 Å². The van der Waals surface area contributed by atoms with Gasteiger partial charge in [-0.2, -0.15) is 0 Å². The quantitative estimate of drug-likeness (QED) is 0.709. The van der Waals surface area contributed by atoms with Crippen LogP contribution in [-0.4, -0.2) is 31.2 Å². The third-order valence-corrected chi connectivity index (χ3v) is 3.11. The van der Waals surface area contributed by atoms with E-state index >= 15 is 0 Å². The van der Waals surface area contributed by atoms with E-state index in [4.69, 9.17) is 14.6 Å². The van der Waals surface area contributed by atoms with Crippen molar-refractivity contribution in [2.45, 2.75) is 52.2 Å². The molecule has 1 N–H and O–H groups in total. The highest BCUT2D eigenvalue weighted by Gasteiger charge is 2.13. The standard InChI is InChI=1S/C15H26O3/c1-13(9-10-16)6-5-7-14(2)12-18-15-8-3-4-11-17-15/h7,9,15-16H,3-6,8,10-12H2,1-2H3/b13-9-,14-7-. The minimum Gasteiger partial charge on any atom is -0.392 e. The van der Waals surface area contributed by atoms with Gasteiger partial charge in [0, 0.05) is 6.61 Å². The van der Waals surface area contributed by atoms with Crippen LogP contribution in [0.5, 0.6) is 0 Å². The Bertz CT molecular complexity index is 275. The van der Waals surface area contributed by atoms with Crippen LogP contribution < -0.4 is 0 Å². The Hall–Kier alpha value is -0.640. The van der Waals surface area contributed by atoms with Gasteiger partial charge in [0.25, 0.3) is 0 Å². The van der Waals surface area contributed by atoms with Crippen LogP contribution >= 0.6 is 0 Å². The molecule has 1 atom stereocenters. The summed E-state index contributed by atoms with van der Waals surface area (Å²) in [6.07, 6.45) is 9.45. The molecule has 0 spiro atoms. The van der Waals surface area contributed by atoms with Gasteiger partial charge in [-0.1, -0.05) is 23.3 Å². The van der Waals surface area contributed by atoms with Gasteiger partial charge in [-0.05, 0) is 46.0 Å². The second kappa shape index (κ2) is 9.31. The van der Waals surface area contributed by atoms with Crippen molar-refractivity contribution in [3.05, 3.63) is 23.3 Å². The molecule has 104 valence electrons. The number of aliphatic hydroxyl groups is 1. The van der Waals surface area contributed by atoms with Crippen molar-refractivity contribution in [3.63, 3.8) is 0 Å². The van der Waals surface area contributed by atoms with Crippen molar-refractivity contribution in [3.8, 4) is 0 Å². The van der Waals surface area contributed by atoms with Crippen LogP contribution in [0.25, 0.3) is 0 Å². The van der Waals surface area contributed by atoms with E-state index in [1.54, 1.807) is 0 Å². The summed E-state index contributed by atoms with van der Waals surface area (Å²) >= 11 is 0. The highest BCUT2D eigenvalue weighted by molar-refractivity contribution is 5.03. The SMILES string of the molecule is C/C(=C/CO)CC/C=C(/C)COC1CCCCO1. The molecule has 18 heavy (non-hydrogen) atoms. The zero-order valence-corrected chi connectivity index (χ0v) is 11.7. The lowest BCUT2D eigenvalue weighted by atomic mass is 10.1. The first-order chi connectivity index (χ1) is 8.72. The maximum atomic E-state index is 8.75. The Morgan fingerprint density at radius 2 is 2.11 bits per heavy atom. The molecule has 3 heteroatoms. The van der Waals surface area contributed by atoms with Crippen LogP contribution in [-0.2, 0) is 9.47 Å². The molecule has 3 nitrogen and oxygen atoms in total. The molecule has 0 aromatic carbocycles. The Morgan fingerprint density at radius 1 is 1.28 bits per heavy atom. The molecule has 0 aromatic heterocycles. The number of rotatable bonds is 7. The van der Waals surface area contributed by atoms with Crippen molar-refractivity contribution in [2.75, 3.05) is 19.8 Å². The van der Waals surface area contributed by atoms with Crippen LogP contribution in [0.1, 0.15) is 46.0 Å². The number of allylic oxidation sites excluding steroid dienone is 2. The molecule has 0 radical (unpaired) electrons. The van der Waals surface area contributed by atoms with E-state index in [0.717, 1.165) is 32.3 Å². The van der Waals surface area contributed by atoms with Gasteiger partial charge in [-0.15, -0.1) is 0 Å². The Morgan fingerprint density at radius 3 is 2.78 bits per heavy atom. The highest BCUT2D eigenvalue weighted by Crippen LogP contribution is 2.15. The van der Waals surface area contributed by atoms with E-state index in [-0.39, 0.29) is 12.9 Å². The zero-order chi connectivity index (χ0) is 13.2. The van der Waals surface area contributed by atoms with Gasteiger partial charge in [0.15, 0.2) is 6.29 Å². The molecule has 0 amide bonds. The number of hydrogen-bond acceptors (Lipinski definition) is 3. The van der Waals surface area contributed by atoms with Crippen LogP contribution in [0.4, 0.5) is 0 Å². The topological polar surface area (TPSA) is 38.7 Å². The zero-order valence-electron chi connectivity index (χ0n) is 11.7. The smallest absolute Gasteiger partial charge is 0.158 e. The summed E-state index contributed by atoms with van der Waals surface area (Å²) in [6.45, 7) is 5.77. The lowest BCUT2D eigenvalue weighted by molar-refractivity contribution is -0.156. The molecule has 1 saturated heterocycles. The van der Waals surface area contributed by atoms with Gasteiger partial charge in [0.1, 0.15) is 0 Å². The Balaban J connectivity index is 2.14. The molecule has 0 aromatic rings. The molecule has 0 aliphatic carbocycles. The third-order valence-electron chi connectivity index (χ3n) is 3.11. The van der Waals surface area contributed by atoms with Gasteiger partial charge in [-0.3, -0.25) is 0 Å². The van der Waals surface area contributed by atoms with E-state index in [1.165, 1.54) is 17.6 Å².